The first-order valence-electron chi connectivity index (χ1n) is 7.01. The Morgan fingerprint density at radius 2 is 2.26 bits per heavy atom. The zero-order valence-corrected chi connectivity index (χ0v) is 12.1. The van der Waals surface area contributed by atoms with Crippen LogP contribution in [-0.4, -0.2) is 41.6 Å². The van der Waals surface area contributed by atoms with Crippen molar-refractivity contribution >= 4 is 17.2 Å². The fourth-order valence-corrected chi connectivity index (χ4v) is 3.86. The van der Waals surface area contributed by atoms with Crippen molar-refractivity contribution in [2.24, 2.45) is 5.41 Å². The Hall–Kier alpha value is -0.940. The summed E-state index contributed by atoms with van der Waals surface area (Å²) in [5, 5.41) is 1.83. The summed E-state index contributed by atoms with van der Waals surface area (Å²) in [6.45, 7) is 4.61. The summed E-state index contributed by atoms with van der Waals surface area (Å²) in [5.41, 5.74) is 2.78. The highest BCUT2D eigenvalue weighted by Gasteiger charge is 2.46. The van der Waals surface area contributed by atoms with Crippen molar-refractivity contribution in [2.45, 2.75) is 38.7 Å². The SMILES string of the molecule is CCOC1CC2(CCN(C(=O)c3cscn3)CC2)C1. The number of hydrogen-bond donors (Lipinski definition) is 0. The molecule has 0 bridgehead atoms. The molecular weight excluding hydrogens is 260 g/mol. The van der Waals surface area contributed by atoms with Crippen molar-refractivity contribution in [3.63, 3.8) is 0 Å². The maximum atomic E-state index is 12.2. The van der Waals surface area contributed by atoms with E-state index in [1.54, 1.807) is 5.51 Å². The molecule has 104 valence electrons. The fourth-order valence-electron chi connectivity index (χ4n) is 3.33. The Morgan fingerprint density at radius 1 is 1.53 bits per heavy atom. The molecule has 0 N–H and O–H groups in total. The number of hydrogen-bond acceptors (Lipinski definition) is 4. The normalized spacial score (nSPS) is 22.5. The number of piperidine rings is 1. The molecule has 1 saturated heterocycles. The van der Waals surface area contributed by atoms with Crippen molar-refractivity contribution in [3.8, 4) is 0 Å². The number of carbonyl (C=O) groups excluding carboxylic acids is 1. The second kappa shape index (κ2) is 5.21. The Morgan fingerprint density at radius 3 is 2.84 bits per heavy atom. The third kappa shape index (κ3) is 2.54. The molecule has 1 aromatic rings. The second-order valence-corrected chi connectivity index (χ2v) is 6.37. The van der Waals surface area contributed by atoms with E-state index in [1.807, 2.05) is 10.3 Å². The molecule has 1 aliphatic heterocycles. The number of thiazole rings is 1. The summed E-state index contributed by atoms with van der Waals surface area (Å²) < 4.78 is 5.65. The van der Waals surface area contributed by atoms with E-state index in [1.165, 1.54) is 24.2 Å². The Labute approximate surface area is 117 Å². The lowest BCUT2D eigenvalue weighted by Gasteiger charge is -2.51. The van der Waals surface area contributed by atoms with Gasteiger partial charge in [0.15, 0.2) is 0 Å². The van der Waals surface area contributed by atoms with Gasteiger partial charge in [-0.3, -0.25) is 4.79 Å². The Bertz CT molecular complexity index is 430. The Kier molecular flexibility index (Phi) is 3.58. The summed E-state index contributed by atoms with van der Waals surface area (Å²) in [6.07, 6.45) is 5.06. The van der Waals surface area contributed by atoms with Gasteiger partial charge < -0.3 is 9.64 Å². The number of likely N-dealkylation sites (tertiary alicyclic amines) is 1. The van der Waals surface area contributed by atoms with E-state index in [-0.39, 0.29) is 5.91 Å². The van der Waals surface area contributed by atoms with Crippen LogP contribution in [0.3, 0.4) is 0 Å². The number of nitrogens with zero attached hydrogens (tertiary/aromatic N) is 2. The summed E-state index contributed by atoms with van der Waals surface area (Å²) >= 11 is 1.48. The number of ether oxygens (including phenoxy) is 1. The van der Waals surface area contributed by atoms with E-state index in [4.69, 9.17) is 4.74 Å². The average Bonchev–Trinajstić information content (AvgIpc) is 2.91. The molecule has 0 aromatic carbocycles. The predicted molar refractivity (Wildman–Crippen MR) is 74.3 cm³/mol. The molecule has 0 unspecified atom stereocenters. The van der Waals surface area contributed by atoms with Crippen molar-refractivity contribution in [1.82, 2.24) is 9.88 Å². The molecule has 1 aromatic heterocycles. The van der Waals surface area contributed by atoms with Crippen LogP contribution in [0.5, 0.6) is 0 Å². The first-order valence-corrected chi connectivity index (χ1v) is 7.96. The van der Waals surface area contributed by atoms with Crippen LogP contribution in [0.25, 0.3) is 0 Å². The lowest BCUT2D eigenvalue weighted by molar-refractivity contribution is -0.0981. The van der Waals surface area contributed by atoms with Crippen molar-refractivity contribution in [2.75, 3.05) is 19.7 Å². The summed E-state index contributed by atoms with van der Waals surface area (Å²) in [5.74, 6) is 0.0942. The summed E-state index contributed by atoms with van der Waals surface area (Å²) in [7, 11) is 0. The maximum Gasteiger partial charge on any atom is 0.273 e. The largest absolute Gasteiger partial charge is 0.378 e. The van der Waals surface area contributed by atoms with Crippen LogP contribution >= 0.6 is 11.3 Å². The first kappa shape index (κ1) is 13.1. The molecule has 0 atom stereocenters. The highest BCUT2D eigenvalue weighted by Crippen LogP contribution is 2.50. The van der Waals surface area contributed by atoms with Gasteiger partial charge in [0.25, 0.3) is 5.91 Å². The molecule has 1 amide bonds. The van der Waals surface area contributed by atoms with E-state index < -0.39 is 0 Å². The van der Waals surface area contributed by atoms with E-state index in [0.29, 0.717) is 17.2 Å². The predicted octanol–water partition coefficient (Wildman–Crippen LogP) is 2.56. The van der Waals surface area contributed by atoms with E-state index >= 15 is 0 Å². The minimum absolute atomic E-state index is 0.0942. The van der Waals surface area contributed by atoms with Crippen LogP contribution in [0.1, 0.15) is 43.1 Å². The monoisotopic (exact) mass is 280 g/mol. The molecule has 2 fully saturated rings. The topological polar surface area (TPSA) is 42.4 Å². The fraction of sp³-hybridized carbons (Fsp3) is 0.714. The van der Waals surface area contributed by atoms with Gasteiger partial charge in [0.2, 0.25) is 0 Å². The third-order valence-corrected chi connectivity index (χ3v) is 5.07. The highest BCUT2D eigenvalue weighted by atomic mass is 32.1. The number of aromatic nitrogens is 1. The molecule has 1 spiro atoms. The lowest BCUT2D eigenvalue weighted by Crippen LogP contribution is -2.51. The minimum atomic E-state index is 0.0942. The van der Waals surface area contributed by atoms with Gasteiger partial charge >= 0.3 is 0 Å². The molecule has 19 heavy (non-hydrogen) atoms. The van der Waals surface area contributed by atoms with Gasteiger partial charge in [0, 0.05) is 25.1 Å². The number of carbonyl (C=O) groups is 1. The average molecular weight is 280 g/mol. The minimum Gasteiger partial charge on any atom is -0.378 e. The molecular formula is C14H20N2O2S. The number of rotatable bonds is 3. The standard InChI is InChI=1S/C14H20N2O2S/c1-2-18-11-7-14(8-11)3-5-16(6-4-14)13(17)12-9-19-10-15-12/h9-11H,2-8H2,1H3. The van der Waals surface area contributed by atoms with Crippen LogP contribution in [-0.2, 0) is 4.74 Å². The molecule has 3 rings (SSSR count). The molecule has 0 radical (unpaired) electrons. The van der Waals surface area contributed by atoms with Gasteiger partial charge in [0.05, 0.1) is 11.6 Å². The summed E-state index contributed by atoms with van der Waals surface area (Å²) in [4.78, 5) is 18.2. The molecule has 4 nitrogen and oxygen atoms in total. The van der Waals surface area contributed by atoms with E-state index in [9.17, 15) is 4.79 Å². The van der Waals surface area contributed by atoms with Crippen LogP contribution in [0.15, 0.2) is 10.9 Å². The third-order valence-electron chi connectivity index (χ3n) is 4.49. The zero-order chi connectivity index (χ0) is 13.3. The summed E-state index contributed by atoms with van der Waals surface area (Å²) in [6, 6.07) is 0. The maximum absolute atomic E-state index is 12.2. The quantitative estimate of drug-likeness (QED) is 0.854. The van der Waals surface area contributed by atoms with Crippen LogP contribution in [0.2, 0.25) is 0 Å². The van der Waals surface area contributed by atoms with Crippen molar-refractivity contribution in [3.05, 3.63) is 16.6 Å². The lowest BCUT2D eigenvalue weighted by atomic mass is 9.61. The van der Waals surface area contributed by atoms with Crippen molar-refractivity contribution < 1.29 is 9.53 Å². The van der Waals surface area contributed by atoms with E-state index in [0.717, 1.165) is 32.5 Å². The second-order valence-electron chi connectivity index (χ2n) is 5.65. The molecule has 1 aliphatic carbocycles. The van der Waals surface area contributed by atoms with Gasteiger partial charge in [-0.1, -0.05) is 0 Å². The van der Waals surface area contributed by atoms with Gasteiger partial charge in [-0.25, -0.2) is 4.98 Å². The zero-order valence-electron chi connectivity index (χ0n) is 11.3. The van der Waals surface area contributed by atoms with Crippen LogP contribution in [0.4, 0.5) is 0 Å². The van der Waals surface area contributed by atoms with Gasteiger partial charge in [-0.05, 0) is 38.0 Å². The molecule has 5 heteroatoms. The molecule has 2 heterocycles. The molecule has 1 saturated carbocycles. The van der Waals surface area contributed by atoms with Crippen LogP contribution < -0.4 is 0 Å². The first-order chi connectivity index (χ1) is 9.22. The van der Waals surface area contributed by atoms with Gasteiger partial charge in [-0.15, -0.1) is 11.3 Å². The van der Waals surface area contributed by atoms with Gasteiger partial charge in [-0.2, -0.15) is 0 Å². The van der Waals surface area contributed by atoms with Gasteiger partial charge in [0.1, 0.15) is 5.69 Å². The number of amides is 1. The van der Waals surface area contributed by atoms with Crippen molar-refractivity contribution in [1.29, 1.82) is 0 Å². The van der Waals surface area contributed by atoms with E-state index in [2.05, 4.69) is 11.9 Å². The van der Waals surface area contributed by atoms with Crippen LogP contribution in [0, 0.1) is 5.41 Å². The smallest absolute Gasteiger partial charge is 0.273 e. The molecule has 2 aliphatic rings. The highest BCUT2D eigenvalue weighted by molar-refractivity contribution is 7.07. The Balaban J connectivity index is 1.52.